The zero-order chi connectivity index (χ0) is 10.7. The molecule has 0 saturated heterocycles. The Hall–Kier alpha value is 2.41. The summed E-state index contributed by atoms with van der Waals surface area (Å²) in [6.45, 7) is 23.2. The third kappa shape index (κ3) is 963. The van der Waals surface area contributed by atoms with E-state index in [1.54, 1.807) is 0 Å². The molecule has 0 aromatic heterocycles. The molecule has 0 spiro atoms. The van der Waals surface area contributed by atoms with Crippen molar-refractivity contribution >= 4 is 17.4 Å². The molecule has 0 saturated carbocycles. The van der Waals surface area contributed by atoms with Crippen LogP contribution in [-0.2, 0) is 21.7 Å². The largest absolute Gasteiger partial charge is 4.00 e. The van der Waals surface area contributed by atoms with Crippen LogP contribution in [0.5, 0.6) is 0 Å². The first-order valence-corrected chi connectivity index (χ1v) is 4.69. The molecule has 6 heteroatoms. The Bertz CT molecular complexity index is 52.6. The van der Waals surface area contributed by atoms with E-state index in [4.69, 9.17) is 0 Å². The predicted molar refractivity (Wildman–Crippen MR) is 66.3 cm³/mol. The first-order chi connectivity index (χ1) is 5.20. The van der Waals surface area contributed by atoms with Gasteiger partial charge < -0.3 is 70.4 Å². The molecule has 0 rings (SSSR count). The summed E-state index contributed by atoms with van der Waals surface area (Å²) < 4.78 is 0. The molecule has 0 bridgehead atoms. The minimum Gasteiger partial charge on any atom is -1.00 e. The van der Waals surface area contributed by atoms with E-state index >= 15 is 0 Å². The molecular formula is C12H27AlCl4Ti. The third-order valence-corrected chi connectivity index (χ3v) is 0. The average molecular weight is 388 g/mol. The van der Waals surface area contributed by atoms with Gasteiger partial charge in [0.05, 0.1) is 0 Å². The normalized spacial score (nSPS) is 6.00. The van der Waals surface area contributed by atoms with Gasteiger partial charge in [0.15, 0.2) is 0 Å². The molecule has 0 heterocycles. The van der Waals surface area contributed by atoms with Crippen LogP contribution in [0.2, 0.25) is 0 Å². The van der Waals surface area contributed by atoms with E-state index in [0.29, 0.717) is 17.8 Å². The predicted octanol–water partition coefficient (Wildman–Crippen LogP) is -7.94. The average Bonchev–Trinajstić information content (AvgIpc) is 1.54. The van der Waals surface area contributed by atoms with Crippen LogP contribution in [0.25, 0.3) is 0 Å². The van der Waals surface area contributed by atoms with Crippen LogP contribution < -0.4 is 49.6 Å². The van der Waals surface area contributed by atoms with Gasteiger partial charge in [0.2, 0.25) is 0 Å². The minimum atomic E-state index is 0. The summed E-state index contributed by atoms with van der Waals surface area (Å²) in [6.07, 6.45) is 0. The first kappa shape index (κ1) is 59.1. The molecule has 0 aliphatic carbocycles. The van der Waals surface area contributed by atoms with Gasteiger partial charge in [0.1, 0.15) is 0 Å². The van der Waals surface area contributed by atoms with Crippen molar-refractivity contribution in [2.45, 2.75) is 41.5 Å². The van der Waals surface area contributed by atoms with Crippen molar-refractivity contribution in [3.8, 4) is 0 Å². The second-order valence-electron chi connectivity index (χ2n) is 4.18. The number of hydrogen-bond donors (Lipinski definition) is 0. The second-order valence-corrected chi connectivity index (χ2v) is 4.18. The van der Waals surface area contributed by atoms with Gasteiger partial charge in [-0.2, -0.15) is 17.8 Å². The fourth-order valence-corrected chi connectivity index (χ4v) is 0. The van der Waals surface area contributed by atoms with E-state index in [2.05, 4.69) is 62.3 Å². The van der Waals surface area contributed by atoms with Crippen LogP contribution in [-0.4, -0.2) is 17.4 Å². The standard InChI is InChI=1S/3C4H9.Al.4ClH.Ti/c3*1-4(2)3;;;;;;/h3*4H,1H2,2-3H3;;4*1H;/q3*-1;+3;;;;;+4/p-4. The van der Waals surface area contributed by atoms with Crippen LogP contribution in [0.15, 0.2) is 0 Å². The maximum Gasteiger partial charge on any atom is 4.00 e. The van der Waals surface area contributed by atoms with Gasteiger partial charge in [-0.1, -0.05) is 41.5 Å². The maximum absolute atomic E-state index is 3.64. The molecule has 0 fully saturated rings. The Morgan fingerprint density at radius 1 is 0.500 bits per heavy atom. The second kappa shape index (κ2) is 50.5. The van der Waals surface area contributed by atoms with Gasteiger partial charge >= 0.3 is 39.1 Å². The van der Waals surface area contributed by atoms with Crippen molar-refractivity contribution < 1.29 is 71.3 Å². The topological polar surface area (TPSA) is 0 Å². The molecule has 0 amide bonds. The molecule has 0 aliphatic rings. The zero-order valence-electron chi connectivity index (χ0n) is 12.4. The Morgan fingerprint density at radius 3 is 0.500 bits per heavy atom. The van der Waals surface area contributed by atoms with E-state index in [0.717, 1.165) is 0 Å². The monoisotopic (exact) mass is 386 g/mol. The van der Waals surface area contributed by atoms with Crippen molar-refractivity contribution in [1.29, 1.82) is 0 Å². The van der Waals surface area contributed by atoms with E-state index < -0.39 is 0 Å². The van der Waals surface area contributed by atoms with Gasteiger partial charge in [-0.25, -0.2) is 0 Å². The Morgan fingerprint density at radius 2 is 0.500 bits per heavy atom. The fourth-order valence-electron chi connectivity index (χ4n) is 0. The fraction of sp³-hybridized carbons (Fsp3) is 0.750. The van der Waals surface area contributed by atoms with Gasteiger partial charge in [0.25, 0.3) is 0 Å². The van der Waals surface area contributed by atoms with Gasteiger partial charge in [-0.05, 0) is 0 Å². The van der Waals surface area contributed by atoms with Crippen LogP contribution in [0, 0.1) is 38.5 Å². The SMILES string of the molecule is [Al+3].[CH2-]C(C)C.[CH2-]C(C)C.[CH2-]C(C)C.[Cl-].[Cl-].[Cl-].[Cl-].[Ti+4]. The zero-order valence-corrected chi connectivity index (χ0v) is 18.2. The van der Waals surface area contributed by atoms with Crippen molar-refractivity contribution in [2.75, 3.05) is 0 Å². The molecule has 0 radical (unpaired) electrons. The van der Waals surface area contributed by atoms with Crippen LogP contribution in [0.1, 0.15) is 41.5 Å². The van der Waals surface area contributed by atoms with E-state index in [-0.39, 0.29) is 88.7 Å². The molecule has 0 aromatic carbocycles. The molecule has 0 atom stereocenters. The summed E-state index contributed by atoms with van der Waals surface area (Å²) in [5, 5.41) is 0. The third-order valence-electron chi connectivity index (χ3n) is 0. The molecule has 0 unspecified atom stereocenters. The minimum absolute atomic E-state index is 0. The Balaban J connectivity index is -0.00000000827. The molecule has 18 heavy (non-hydrogen) atoms. The molecule has 0 N–H and O–H groups in total. The molecule has 0 aromatic rings. The van der Waals surface area contributed by atoms with E-state index in [9.17, 15) is 0 Å². The maximum atomic E-state index is 3.64. The van der Waals surface area contributed by atoms with Crippen LogP contribution in [0.4, 0.5) is 0 Å². The number of rotatable bonds is 0. The Labute approximate surface area is 167 Å². The summed E-state index contributed by atoms with van der Waals surface area (Å²) >= 11 is 0. The van der Waals surface area contributed by atoms with E-state index in [1.165, 1.54) is 0 Å². The summed E-state index contributed by atoms with van der Waals surface area (Å²) in [5.74, 6) is 1.75. The Kier molecular flexibility index (Phi) is 166. The number of hydrogen-bond acceptors (Lipinski definition) is 0. The summed E-state index contributed by atoms with van der Waals surface area (Å²) in [6, 6.07) is 0. The summed E-state index contributed by atoms with van der Waals surface area (Å²) in [4.78, 5) is 0. The van der Waals surface area contributed by atoms with Crippen molar-refractivity contribution in [2.24, 2.45) is 17.8 Å². The van der Waals surface area contributed by atoms with Gasteiger partial charge in [0, 0.05) is 0 Å². The van der Waals surface area contributed by atoms with Crippen molar-refractivity contribution in [3.63, 3.8) is 0 Å². The van der Waals surface area contributed by atoms with Crippen LogP contribution in [0.3, 0.4) is 0 Å². The molecular weight excluding hydrogens is 361 g/mol. The molecule has 110 valence electrons. The smallest absolute Gasteiger partial charge is 1.00 e. The molecule has 0 aliphatic heterocycles. The summed E-state index contributed by atoms with van der Waals surface area (Å²) in [7, 11) is 0. The first-order valence-electron chi connectivity index (χ1n) is 4.69. The van der Waals surface area contributed by atoms with Crippen molar-refractivity contribution in [1.82, 2.24) is 0 Å². The summed E-state index contributed by atoms with van der Waals surface area (Å²) in [5.41, 5.74) is 0. The van der Waals surface area contributed by atoms with Crippen molar-refractivity contribution in [3.05, 3.63) is 20.8 Å². The van der Waals surface area contributed by atoms with E-state index in [1.807, 2.05) is 0 Å². The van der Waals surface area contributed by atoms with Gasteiger partial charge in [-0.15, -0.1) is 0 Å². The molecule has 0 nitrogen and oxygen atoms in total. The quantitative estimate of drug-likeness (QED) is 0.286. The van der Waals surface area contributed by atoms with Crippen LogP contribution >= 0.6 is 0 Å². The van der Waals surface area contributed by atoms with Gasteiger partial charge in [-0.3, -0.25) is 0 Å². The number of halogens is 4.